The number of nitrogens with one attached hydrogen (secondary N) is 1. The Bertz CT molecular complexity index is 2000. The van der Waals surface area contributed by atoms with Crippen molar-refractivity contribution in [2.24, 2.45) is 0 Å². The Kier molecular flexibility index (Phi) is 8.05. The van der Waals surface area contributed by atoms with Crippen LogP contribution in [0.2, 0.25) is 0 Å². The number of amides is 1. The maximum Gasteiger partial charge on any atom is 0.416 e. The van der Waals surface area contributed by atoms with Crippen molar-refractivity contribution in [1.82, 2.24) is 24.2 Å². The van der Waals surface area contributed by atoms with Gasteiger partial charge in [0.2, 0.25) is 5.91 Å². The molecule has 0 spiro atoms. The minimum absolute atomic E-state index is 0.0454. The van der Waals surface area contributed by atoms with E-state index in [1.54, 1.807) is 43.3 Å². The van der Waals surface area contributed by atoms with Crippen molar-refractivity contribution in [3.05, 3.63) is 134 Å². The number of benzene rings is 3. The molecule has 9 nitrogen and oxygen atoms in total. The molecular formula is C32H25F3N6O3. The molecule has 0 aliphatic carbocycles. The van der Waals surface area contributed by atoms with Crippen molar-refractivity contribution in [2.75, 3.05) is 0 Å². The van der Waals surface area contributed by atoms with Gasteiger partial charge < -0.3 is 5.32 Å². The SMILES string of the molecule is Cc1c(-c2ccnn2-c2ccc(C#N)cc2)c(=O)n(CC(=O)N[C@@H](C)c2ccccc2)c(=O)n1-c1cccc(C(F)(F)F)c1. The fourth-order valence-electron chi connectivity index (χ4n) is 4.94. The summed E-state index contributed by atoms with van der Waals surface area (Å²) >= 11 is 0. The second-order valence-electron chi connectivity index (χ2n) is 10.0. The number of nitriles is 1. The van der Waals surface area contributed by atoms with Gasteiger partial charge in [-0.3, -0.25) is 14.2 Å². The summed E-state index contributed by atoms with van der Waals surface area (Å²) in [5.41, 5.74) is -1.03. The number of hydrogen-bond acceptors (Lipinski definition) is 5. The van der Waals surface area contributed by atoms with Gasteiger partial charge >= 0.3 is 11.9 Å². The normalized spacial score (nSPS) is 12.0. The Morgan fingerprint density at radius 3 is 2.34 bits per heavy atom. The van der Waals surface area contributed by atoms with Gasteiger partial charge in [-0.2, -0.15) is 23.5 Å². The van der Waals surface area contributed by atoms with Crippen LogP contribution in [0.5, 0.6) is 0 Å². The lowest BCUT2D eigenvalue weighted by atomic mass is 10.1. The van der Waals surface area contributed by atoms with E-state index >= 15 is 0 Å². The Morgan fingerprint density at radius 1 is 0.977 bits per heavy atom. The van der Waals surface area contributed by atoms with Crippen LogP contribution < -0.4 is 16.6 Å². The van der Waals surface area contributed by atoms with Gasteiger partial charge in [0.1, 0.15) is 6.54 Å². The Labute approximate surface area is 249 Å². The molecule has 0 aliphatic rings. The molecule has 2 heterocycles. The summed E-state index contributed by atoms with van der Waals surface area (Å²) in [6.07, 6.45) is -3.27. The topological polar surface area (TPSA) is 115 Å². The maximum absolute atomic E-state index is 14.0. The molecule has 44 heavy (non-hydrogen) atoms. The van der Waals surface area contributed by atoms with E-state index in [4.69, 9.17) is 5.26 Å². The first kappa shape index (κ1) is 29.8. The van der Waals surface area contributed by atoms with Gasteiger partial charge in [-0.05, 0) is 67.9 Å². The molecule has 1 N–H and O–H groups in total. The number of hydrogen-bond donors (Lipinski definition) is 1. The highest BCUT2D eigenvalue weighted by Gasteiger charge is 2.31. The highest BCUT2D eigenvalue weighted by Crippen LogP contribution is 2.31. The van der Waals surface area contributed by atoms with Crippen LogP contribution in [0, 0.1) is 18.3 Å². The number of aromatic nitrogens is 4. The van der Waals surface area contributed by atoms with Crippen molar-refractivity contribution in [3.8, 4) is 28.7 Å². The van der Waals surface area contributed by atoms with Crippen LogP contribution in [0.1, 0.15) is 35.3 Å². The van der Waals surface area contributed by atoms with Gasteiger partial charge in [0.15, 0.2) is 0 Å². The van der Waals surface area contributed by atoms with E-state index < -0.39 is 41.5 Å². The molecule has 5 rings (SSSR count). The molecule has 1 atom stereocenters. The Hall–Kier alpha value is -5.70. The molecule has 2 aromatic heterocycles. The maximum atomic E-state index is 14.0. The molecule has 0 saturated heterocycles. The predicted molar refractivity (Wildman–Crippen MR) is 156 cm³/mol. The molecule has 0 unspecified atom stereocenters. The number of nitrogens with zero attached hydrogens (tertiary/aromatic N) is 5. The fraction of sp³-hybridized carbons (Fsp3) is 0.156. The van der Waals surface area contributed by atoms with E-state index in [9.17, 15) is 27.6 Å². The lowest BCUT2D eigenvalue weighted by molar-refractivity contribution is -0.137. The summed E-state index contributed by atoms with van der Waals surface area (Å²) < 4.78 is 44.0. The van der Waals surface area contributed by atoms with Gasteiger partial charge in [-0.25, -0.2) is 14.0 Å². The summed E-state index contributed by atoms with van der Waals surface area (Å²) in [5.74, 6) is -0.647. The van der Waals surface area contributed by atoms with Crippen LogP contribution >= 0.6 is 0 Å². The third kappa shape index (κ3) is 5.80. The van der Waals surface area contributed by atoms with Gasteiger partial charge in [-0.15, -0.1) is 0 Å². The van der Waals surface area contributed by atoms with E-state index in [0.717, 1.165) is 28.3 Å². The number of halogens is 3. The summed E-state index contributed by atoms with van der Waals surface area (Å²) in [5, 5.41) is 16.2. The average molecular weight is 599 g/mol. The van der Waals surface area contributed by atoms with Crippen molar-refractivity contribution in [2.45, 2.75) is 32.6 Å². The molecule has 1 amide bonds. The molecule has 12 heteroatoms. The third-order valence-electron chi connectivity index (χ3n) is 7.13. The van der Waals surface area contributed by atoms with Crippen LogP contribution in [0.4, 0.5) is 13.2 Å². The van der Waals surface area contributed by atoms with Crippen LogP contribution in [-0.2, 0) is 17.5 Å². The molecular weight excluding hydrogens is 573 g/mol. The van der Waals surface area contributed by atoms with Gasteiger partial charge in [0.25, 0.3) is 5.56 Å². The second kappa shape index (κ2) is 11.9. The zero-order chi connectivity index (χ0) is 31.6. The minimum Gasteiger partial charge on any atom is -0.348 e. The molecule has 0 bridgehead atoms. The first-order valence-electron chi connectivity index (χ1n) is 13.4. The molecule has 0 fully saturated rings. The monoisotopic (exact) mass is 598 g/mol. The molecule has 5 aromatic rings. The third-order valence-corrected chi connectivity index (χ3v) is 7.13. The van der Waals surface area contributed by atoms with Crippen molar-refractivity contribution in [3.63, 3.8) is 0 Å². The van der Waals surface area contributed by atoms with Crippen molar-refractivity contribution >= 4 is 5.91 Å². The van der Waals surface area contributed by atoms with Gasteiger partial charge in [0.05, 0.1) is 52.1 Å². The smallest absolute Gasteiger partial charge is 0.348 e. The summed E-state index contributed by atoms with van der Waals surface area (Å²) in [6.45, 7) is 2.50. The lowest BCUT2D eigenvalue weighted by Crippen LogP contribution is -2.45. The summed E-state index contributed by atoms with van der Waals surface area (Å²) in [4.78, 5) is 41.0. The largest absolute Gasteiger partial charge is 0.416 e. The summed E-state index contributed by atoms with van der Waals surface area (Å²) in [7, 11) is 0. The Morgan fingerprint density at radius 2 is 1.68 bits per heavy atom. The van der Waals surface area contributed by atoms with Crippen molar-refractivity contribution in [1.29, 1.82) is 5.26 Å². The van der Waals surface area contributed by atoms with Crippen LogP contribution in [0.25, 0.3) is 22.6 Å². The molecule has 0 radical (unpaired) electrons. The van der Waals surface area contributed by atoms with E-state index in [-0.39, 0.29) is 22.6 Å². The Balaban J connectivity index is 1.69. The van der Waals surface area contributed by atoms with E-state index in [1.165, 1.54) is 29.9 Å². The molecule has 3 aromatic carbocycles. The number of rotatable bonds is 7. The lowest BCUT2D eigenvalue weighted by Gasteiger charge is -2.20. The van der Waals surface area contributed by atoms with Gasteiger partial charge in [0, 0.05) is 5.69 Å². The summed E-state index contributed by atoms with van der Waals surface area (Å²) in [6, 6.07) is 22.7. The quantitative estimate of drug-likeness (QED) is 0.286. The zero-order valence-corrected chi connectivity index (χ0v) is 23.5. The van der Waals surface area contributed by atoms with E-state index in [0.29, 0.717) is 15.8 Å². The molecule has 0 saturated carbocycles. The minimum atomic E-state index is -4.69. The highest BCUT2D eigenvalue weighted by molar-refractivity contribution is 5.76. The number of carbonyl (C=O) groups excluding carboxylic acids is 1. The number of alkyl halides is 3. The van der Waals surface area contributed by atoms with E-state index in [1.807, 2.05) is 24.3 Å². The zero-order valence-electron chi connectivity index (χ0n) is 23.5. The standard InChI is InChI=1S/C32H25F3N6O3/c1-20(23-7-4-3-5-8-23)38-28(42)19-39-30(43)29(27-15-16-37-41(27)25-13-11-22(18-36)12-14-25)21(2)40(31(39)44)26-10-6-9-24(17-26)32(33,34)35/h3-17,20H,19H2,1-2H3,(H,38,42)/t20-/m0/s1. The number of carbonyl (C=O) groups is 1. The predicted octanol–water partition coefficient (Wildman–Crippen LogP) is 4.93. The molecule has 0 aliphatic heterocycles. The van der Waals surface area contributed by atoms with Crippen LogP contribution in [0.15, 0.2) is 101 Å². The second-order valence-corrected chi connectivity index (χ2v) is 10.0. The van der Waals surface area contributed by atoms with E-state index in [2.05, 4.69) is 10.4 Å². The first-order chi connectivity index (χ1) is 21.0. The molecule has 222 valence electrons. The highest BCUT2D eigenvalue weighted by atomic mass is 19.4. The van der Waals surface area contributed by atoms with Crippen LogP contribution in [-0.4, -0.2) is 24.8 Å². The van der Waals surface area contributed by atoms with Crippen LogP contribution in [0.3, 0.4) is 0 Å². The average Bonchev–Trinajstić information content (AvgIpc) is 3.49. The van der Waals surface area contributed by atoms with Crippen molar-refractivity contribution < 1.29 is 18.0 Å². The fourth-order valence-corrected chi connectivity index (χ4v) is 4.94. The van der Waals surface area contributed by atoms with Gasteiger partial charge in [-0.1, -0.05) is 36.4 Å². The first-order valence-corrected chi connectivity index (χ1v) is 13.4.